The van der Waals surface area contributed by atoms with Gasteiger partial charge in [-0.3, -0.25) is 4.79 Å². The summed E-state index contributed by atoms with van der Waals surface area (Å²) in [5.74, 6) is -2.16. The van der Waals surface area contributed by atoms with E-state index in [1.54, 1.807) is 31.2 Å². The second kappa shape index (κ2) is 11.7. The van der Waals surface area contributed by atoms with Gasteiger partial charge in [-0.2, -0.15) is 0 Å². The highest BCUT2D eigenvalue weighted by Gasteiger charge is 2.23. The molecule has 1 saturated heterocycles. The van der Waals surface area contributed by atoms with Gasteiger partial charge in [-0.1, -0.05) is 12.1 Å². The molecular weight excluding hydrogens is 454 g/mol. The Bertz CT molecular complexity index is 1160. The minimum atomic E-state index is -0.901. The standard InChI is InChI=1S/C27H30F2N2O4/c1-3-33-27-21-8-6-7-20(19(21)10-11-31-27)26(32)25-22(28)15-18(16-23(25)29)17(2)30-12-14-35-24-9-4-5-13-34-24/h6-8,10-11,15-17,24,30H,3-5,9,12-14H2,1-2H3/t17-,24?/m0/s1. The largest absolute Gasteiger partial charge is 0.478 e. The number of nitrogens with zero attached hydrogens (tertiary/aromatic N) is 1. The van der Waals surface area contributed by atoms with Crippen molar-refractivity contribution in [1.29, 1.82) is 0 Å². The number of ether oxygens (including phenoxy) is 3. The maximum Gasteiger partial charge on any atom is 0.221 e. The molecule has 0 radical (unpaired) electrons. The van der Waals surface area contributed by atoms with Crippen LogP contribution in [0.4, 0.5) is 8.78 Å². The summed E-state index contributed by atoms with van der Waals surface area (Å²) in [6.45, 7) is 5.67. The van der Waals surface area contributed by atoms with Gasteiger partial charge in [0.05, 0.1) is 18.8 Å². The summed E-state index contributed by atoms with van der Waals surface area (Å²) in [4.78, 5) is 17.4. The lowest BCUT2D eigenvalue weighted by Crippen LogP contribution is -2.28. The van der Waals surface area contributed by atoms with Crippen molar-refractivity contribution >= 4 is 16.6 Å². The lowest BCUT2D eigenvalue weighted by atomic mass is 9.95. The van der Waals surface area contributed by atoms with Gasteiger partial charge < -0.3 is 19.5 Å². The molecule has 2 heterocycles. The number of benzene rings is 2. The van der Waals surface area contributed by atoms with Crippen molar-refractivity contribution < 1.29 is 27.8 Å². The highest BCUT2D eigenvalue weighted by molar-refractivity contribution is 6.17. The number of halogens is 2. The second-order valence-electron chi connectivity index (χ2n) is 8.48. The molecule has 1 aliphatic rings. The topological polar surface area (TPSA) is 69.7 Å². The van der Waals surface area contributed by atoms with Crippen molar-refractivity contribution in [2.45, 2.75) is 45.4 Å². The van der Waals surface area contributed by atoms with Crippen molar-refractivity contribution in [1.82, 2.24) is 10.3 Å². The number of carbonyl (C=O) groups is 1. The van der Waals surface area contributed by atoms with Crippen LogP contribution in [0.5, 0.6) is 5.88 Å². The molecule has 0 saturated carbocycles. The summed E-state index contributed by atoms with van der Waals surface area (Å²) in [7, 11) is 0. The van der Waals surface area contributed by atoms with Gasteiger partial charge in [0, 0.05) is 36.3 Å². The van der Waals surface area contributed by atoms with E-state index in [0.717, 1.165) is 19.3 Å². The maximum atomic E-state index is 15.1. The fraction of sp³-hybridized carbons (Fsp3) is 0.407. The molecule has 0 spiro atoms. The normalized spacial score (nSPS) is 16.9. The van der Waals surface area contributed by atoms with Crippen LogP contribution >= 0.6 is 0 Å². The van der Waals surface area contributed by atoms with Crippen LogP contribution in [0.3, 0.4) is 0 Å². The number of pyridine rings is 1. The van der Waals surface area contributed by atoms with E-state index in [0.29, 0.717) is 48.6 Å². The number of aromatic nitrogens is 1. The molecule has 1 N–H and O–H groups in total. The Morgan fingerprint density at radius 1 is 1.20 bits per heavy atom. The van der Waals surface area contributed by atoms with Crippen LogP contribution in [0.25, 0.3) is 10.8 Å². The molecule has 1 aromatic heterocycles. The average Bonchev–Trinajstić information content (AvgIpc) is 2.86. The number of carbonyl (C=O) groups excluding carboxylic acids is 1. The number of fused-ring (bicyclic) bond motifs is 1. The Hall–Kier alpha value is -2.94. The summed E-state index contributed by atoms with van der Waals surface area (Å²) in [6, 6.07) is 8.67. The first-order valence-electron chi connectivity index (χ1n) is 12.0. The summed E-state index contributed by atoms with van der Waals surface area (Å²) >= 11 is 0. The lowest BCUT2D eigenvalue weighted by molar-refractivity contribution is -0.161. The number of hydrogen-bond acceptors (Lipinski definition) is 6. The van der Waals surface area contributed by atoms with Crippen LogP contribution in [0.2, 0.25) is 0 Å². The van der Waals surface area contributed by atoms with E-state index in [-0.39, 0.29) is 17.9 Å². The molecule has 186 valence electrons. The summed E-state index contributed by atoms with van der Waals surface area (Å²) < 4.78 is 46.9. The van der Waals surface area contributed by atoms with Crippen molar-refractivity contribution in [2.24, 2.45) is 0 Å². The molecule has 0 bridgehead atoms. The molecule has 1 aliphatic heterocycles. The van der Waals surface area contributed by atoms with Gasteiger partial charge in [-0.15, -0.1) is 0 Å². The van der Waals surface area contributed by atoms with Gasteiger partial charge in [0.1, 0.15) is 11.6 Å². The van der Waals surface area contributed by atoms with Gasteiger partial charge in [-0.25, -0.2) is 13.8 Å². The highest BCUT2D eigenvalue weighted by Crippen LogP contribution is 2.29. The van der Waals surface area contributed by atoms with E-state index in [9.17, 15) is 4.79 Å². The number of ketones is 1. The number of hydrogen-bond donors (Lipinski definition) is 1. The van der Waals surface area contributed by atoms with E-state index in [2.05, 4.69) is 10.3 Å². The smallest absolute Gasteiger partial charge is 0.221 e. The molecule has 2 atom stereocenters. The molecule has 4 rings (SSSR count). The summed E-state index contributed by atoms with van der Waals surface area (Å²) in [5.41, 5.74) is 0.0110. The zero-order chi connectivity index (χ0) is 24.8. The Morgan fingerprint density at radius 3 is 2.71 bits per heavy atom. The SMILES string of the molecule is CCOc1nccc2c(C(=O)c3c(F)cc([C@H](C)NCCOC4CCCCO4)cc3F)cccc12. The van der Waals surface area contributed by atoms with Crippen LogP contribution < -0.4 is 10.1 Å². The monoisotopic (exact) mass is 484 g/mol. The van der Waals surface area contributed by atoms with Crippen LogP contribution in [-0.2, 0) is 9.47 Å². The van der Waals surface area contributed by atoms with Crippen molar-refractivity contribution in [3.63, 3.8) is 0 Å². The fourth-order valence-corrected chi connectivity index (χ4v) is 4.25. The molecule has 8 heteroatoms. The van der Waals surface area contributed by atoms with Gasteiger partial charge in [0.25, 0.3) is 0 Å². The maximum absolute atomic E-state index is 15.1. The third-order valence-electron chi connectivity index (χ3n) is 6.08. The molecule has 3 aromatic rings. The Balaban J connectivity index is 1.48. The van der Waals surface area contributed by atoms with E-state index < -0.39 is 23.0 Å². The molecule has 1 fully saturated rings. The zero-order valence-corrected chi connectivity index (χ0v) is 20.0. The molecule has 0 aliphatic carbocycles. The Kier molecular flexibility index (Phi) is 8.38. The van der Waals surface area contributed by atoms with Crippen LogP contribution in [-0.4, -0.2) is 43.4 Å². The minimum Gasteiger partial charge on any atom is -0.478 e. The highest BCUT2D eigenvalue weighted by atomic mass is 19.1. The van der Waals surface area contributed by atoms with Crippen LogP contribution in [0.1, 0.15) is 60.6 Å². The zero-order valence-electron chi connectivity index (χ0n) is 20.0. The Morgan fingerprint density at radius 2 is 2.00 bits per heavy atom. The molecule has 0 amide bonds. The first kappa shape index (κ1) is 25.2. The second-order valence-corrected chi connectivity index (χ2v) is 8.48. The number of nitrogens with one attached hydrogen (secondary N) is 1. The van der Waals surface area contributed by atoms with Crippen molar-refractivity contribution in [3.8, 4) is 5.88 Å². The van der Waals surface area contributed by atoms with Gasteiger partial charge >= 0.3 is 0 Å². The first-order chi connectivity index (χ1) is 17.0. The van der Waals surface area contributed by atoms with Gasteiger partial charge in [-0.05, 0) is 68.3 Å². The Labute approximate surface area is 203 Å². The molecule has 1 unspecified atom stereocenters. The fourth-order valence-electron chi connectivity index (χ4n) is 4.25. The third-order valence-corrected chi connectivity index (χ3v) is 6.08. The van der Waals surface area contributed by atoms with Gasteiger partial charge in [0.15, 0.2) is 12.1 Å². The van der Waals surface area contributed by atoms with Gasteiger partial charge in [0.2, 0.25) is 5.88 Å². The summed E-state index contributed by atoms with van der Waals surface area (Å²) in [5, 5.41) is 4.33. The van der Waals surface area contributed by atoms with E-state index in [4.69, 9.17) is 14.2 Å². The lowest BCUT2D eigenvalue weighted by Gasteiger charge is -2.23. The third kappa shape index (κ3) is 5.83. The van der Waals surface area contributed by atoms with E-state index in [1.807, 2.05) is 6.92 Å². The van der Waals surface area contributed by atoms with Crippen LogP contribution in [0, 0.1) is 11.6 Å². The van der Waals surface area contributed by atoms with Crippen LogP contribution in [0.15, 0.2) is 42.6 Å². The molecular formula is C27H30F2N2O4. The quantitative estimate of drug-likeness (QED) is 0.310. The van der Waals surface area contributed by atoms with E-state index >= 15 is 8.78 Å². The first-order valence-corrected chi connectivity index (χ1v) is 12.0. The predicted molar refractivity (Wildman–Crippen MR) is 129 cm³/mol. The minimum absolute atomic E-state index is 0.185. The summed E-state index contributed by atoms with van der Waals surface area (Å²) in [6.07, 6.45) is 4.34. The predicted octanol–water partition coefficient (Wildman–Crippen LogP) is 5.34. The molecule has 2 aromatic carbocycles. The number of rotatable bonds is 10. The van der Waals surface area contributed by atoms with Crippen molar-refractivity contribution in [2.75, 3.05) is 26.4 Å². The molecule has 35 heavy (non-hydrogen) atoms. The van der Waals surface area contributed by atoms with Crippen molar-refractivity contribution in [3.05, 3.63) is 70.9 Å². The average molecular weight is 485 g/mol. The van der Waals surface area contributed by atoms with E-state index in [1.165, 1.54) is 18.3 Å². The molecule has 6 nitrogen and oxygen atoms in total.